The fraction of sp³-hybridized carbons (Fsp3) is 0.812. The summed E-state index contributed by atoms with van der Waals surface area (Å²) in [6.45, 7) is 19.9. The molecular weight excluding hydrogens is 509 g/mol. The summed E-state index contributed by atoms with van der Waals surface area (Å²) in [4.78, 5) is 0.230. The van der Waals surface area contributed by atoms with Gasteiger partial charge in [-0.3, -0.25) is 4.18 Å². The lowest BCUT2D eigenvalue weighted by atomic mass is 9.98. The van der Waals surface area contributed by atoms with Gasteiger partial charge in [-0.05, 0) is 55.9 Å². The first-order valence-electron chi connectivity index (χ1n) is 15.4. The van der Waals surface area contributed by atoms with Gasteiger partial charge in [0.05, 0.1) is 11.0 Å². The van der Waals surface area contributed by atoms with E-state index in [0.29, 0.717) is 12.3 Å². The molecule has 38 heavy (non-hydrogen) atoms. The molecule has 0 spiro atoms. The number of unbranched alkanes of at least 4 members (excludes halogenated alkanes) is 8. The van der Waals surface area contributed by atoms with Gasteiger partial charge in [0.15, 0.2) is 8.32 Å². The molecule has 0 aliphatic rings. The molecule has 1 aromatic rings. The average molecular weight is 569 g/mol. The van der Waals surface area contributed by atoms with E-state index in [9.17, 15) is 8.42 Å². The SMILES string of the molecule is CCCCCCCCCC[C@H](O[Si](C)(C)C(C)(C)C)[C@H](CCCCC(C)C)OS(=O)(=O)c1ccc(C)cc1. The third-order valence-electron chi connectivity index (χ3n) is 8.09. The molecule has 0 radical (unpaired) electrons. The van der Waals surface area contributed by atoms with Crippen molar-refractivity contribution in [3.05, 3.63) is 29.8 Å². The topological polar surface area (TPSA) is 52.6 Å². The quantitative estimate of drug-likeness (QED) is 0.0892. The monoisotopic (exact) mass is 568 g/mol. The summed E-state index contributed by atoms with van der Waals surface area (Å²) in [6.07, 6.45) is 14.0. The summed E-state index contributed by atoms with van der Waals surface area (Å²) in [7, 11) is -6.00. The van der Waals surface area contributed by atoms with Gasteiger partial charge in [-0.25, -0.2) is 0 Å². The van der Waals surface area contributed by atoms with Gasteiger partial charge >= 0.3 is 0 Å². The van der Waals surface area contributed by atoms with Crippen LogP contribution in [0.25, 0.3) is 0 Å². The smallest absolute Gasteiger partial charge is 0.297 e. The Kier molecular flexibility index (Phi) is 16.0. The highest BCUT2D eigenvalue weighted by Gasteiger charge is 2.41. The minimum absolute atomic E-state index is 0.0442. The Hall–Kier alpha value is -0.693. The second-order valence-corrected chi connectivity index (χ2v) is 19.6. The summed E-state index contributed by atoms with van der Waals surface area (Å²) in [5.74, 6) is 0.641. The molecule has 2 atom stereocenters. The Morgan fingerprint density at radius 2 is 1.24 bits per heavy atom. The van der Waals surface area contributed by atoms with Crippen molar-refractivity contribution in [3.63, 3.8) is 0 Å². The molecule has 1 aromatic carbocycles. The van der Waals surface area contributed by atoms with Crippen LogP contribution in [0.1, 0.15) is 131 Å². The van der Waals surface area contributed by atoms with E-state index >= 15 is 0 Å². The first-order chi connectivity index (χ1) is 17.7. The highest BCUT2D eigenvalue weighted by atomic mass is 32.2. The van der Waals surface area contributed by atoms with Crippen LogP contribution in [-0.2, 0) is 18.7 Å². The highest BCUT2D eigenvalue weighted by Crippen LogP contribution is 2.39. The van der Waals surface area contributed by atoms with E-state index in [0.717, 1.165) is 44.1 Å². The van der Waals surface area contributed by atoms with Crippen LogP contribution in [-0.4, -0.2) is 28.9 Å². The van der Waals surface area contributed by atoms with E-state index < -0.39 is 24.5 Å². The molecular formula is C32H60O4SSi. The first kappa shape index (κ1) is 35.3. The lowest BCUT2D eigenvalue weighted by molar-refractivity contribution is 0.0346. The molecule has 4 nitrogen and oxygen atoms in total. The number of aryl methyl sites for hydroxylation is 1. The molecule has 0 fully saturated rings. The van der Waals surface area contributed by atoms with Crippen LogP contribution in [0.4, 0.5) is 0 Å². The van der Waals surface area contributed by atoms with Crippen molar-refractivity contribution in [1.82, 2.24) is 0 Å². The second-order valence-electron chi connectivity index (χ2n) is 13.3. The molecule has 0 aliphatic carbocycles. The molecule has 0 unspecified atom stereocenters. The Labute approximate surface area is 237 Å². The maximum absolute atomic E-state index is 13.4. The average Bonchev–Trinajstić information content (AvgIpc) is 2.81. The summed E-state index contributed by atoms with van der Waals surface area (Å²) in [5, 5.41) is 0.0442. The Morgan fingerprint density at radius 3 is 1.76 bits per heavy atom. The predicted molar refractivity (Wildman–Crippen MR) is 166 cm³/mol. The molecule has 0 saturated heterocycles. The molecule has 0 heterocycles. The van der Waals surface area contributed by atoms with Gasteiger partial charge in [-0.15, -0.1) is 0 Å². The minimum Gasteiger partial charge on any atom is -0.411 e. The first-order valence-corrected chi connectivity index (χ1v) is 19.7. The molecule has 222 valence electrons. The van der Waals surface area contributed by atoms with Crippen molar-refractivity contribution in [1.29, 1.82) is 0 Å². The van der Waals surface area contributed by atoms with E-state index in [1.807, 2.05) is 19.1 Å². The minimum atomic E-state index is -3.88. The molecule has 6 heteroatoms. The molecule has 0 saturated carbocycles. The Morgan fingerprint density at radius 1 is 0.763 bits per heavy atom. The third kappa shape index (κ3) is 13.6. The highest BCUT2D eigenvalue weighted by molar-refractivity contribution is 7.86. The van der Waals surface area contributed by atoms with E-state index in [2.05, 4.69) is 54.6 Å². The van der Waals surface area contributed by atoms with Crippen LogP contribution >= 0.6 is 0 Å². The molecule has 1 rings (SSSR count). The van der Waals surface area contributed by atoms with E-state index in [1.165, 1.54) is 38.5 Å². The van der Waals surface area contributed by atoms with E-state index in [1.54, 1.807) is 12.1 Å². The summed E-state index contributed by atoms with van der Waals surface area (Å²) in [5.41, 5.74) is 1.03. The molecule has 0 N–H and O–H groups in total. The largest absolute Gasteiger partial charge is 0.411 e. The zero-order chi connectivity index (χ0) is 28.8. The standard InChI is InChI=1S/C32H60O4SSi/c1-10-11-12-13-14-15-16-17-22-31(36-38(8,9)32(5,6)7)30(21-19-18-20-27(2)3)35-37(33,34)29-25-23-28(4)24-26-29/h23-27,30-31H,10-22H2,1-9H3/t30-,31-/m0/s1. The maximum Gasteiger partial charge on any atom is 0.297 e. The summed E-state index contributed by atoms with van der Waals surface area (Å²) >= 11 is 0. The molecule has 0 bridgehead atoms. The Balaban J connectivity index is 3.08. The number of benzene rings is 1. The van der Waals surface area contributed by atoms with Crippen molar-refractivity contribution in [2.75, 3.05) is 0 Å². The lowest BCUT2D eigenvalue weighted by Crippen LogP contribution is -2.48. The normalized spacial score (nSPS) is 14.7. The number of rotatable bonds is 20. The van der Waals surface area contributed by atoms with Crippen molar-refractivity contribution in [3.8, 4) is 0 Å². The lowest BCUT2D eigenvalue weighted by Gasteiger charge is -2.41. The van der Waals surface area contributed by atoms with Gasteiger partial charge in [-0.2, -0.15) is 8.42 Å². The van der Waals surface area contributed by atoms with E-state index in [4.69, 9.17) is 8.61 Å². The van der Waals surface area contributed by atoms with Crippen LogP contribution in [0.3, 0.4) is 0 Å². The summed E-state index contributed by atoms with van der Waals surface area (Å²) < 4.78 is 39.8. The zero-order valence-electron chi connectivity index (χ0n) is 26.3. The fourth-order valence-electron chi connectivity index (χ4n) is 4.47. The fourth-order valence-corrected chi connectivity index (χ4v) is 6.98. The number of hydrogen-bond donors (Lipinski definition) is 0. The van der Waals surface area contributed by atoms with Gasteiger partial charge in [0.25, 0.3) is 10.1 Å². The van der Waals surface area contributed by atoms with E-state index in [-0.39, 0.29) is 16.0 Å². The van der Waals surface area contributed by atoms with Crippen molar-refractivity contribution in [2.45, 2.75) is 167 Å². The second kappa shape index (κ2) is 17.2. The molecule has 0 aromatic heterocycles. The van der Waals surface area contributed by atoms with Crippen molar-refractivity contribution >= 4 is 18.4 Å². The van der Waals surface area contributed by atoms with Crippen molar-refractivity contribution in [2.24, 2.45) is 5.92 Å². The Bertz CT molecular complexity index is 856. The van der Waals surface area contributed by atoms with Crippen LogP contribution in [0.2, 0.25) is 18.1 Å². The van der Waals surface area contributed by atoms with Crippen LogP contribution < -0.4 is 0 Å². The van der Waals surface area contributed by atoms with Crippen LogP contribution in [0, 0.1) is 12.8 Å². The molecule has 0 aliphatic heterocycles. The third-order valence-corrected chi connectivity index (χ3v) is 13.9. The number of hydrogen-bond acceptors (Lipinski definition) is 4. The van der Waals surface area contributed by atoms with Gasteiger partial charge in [0.1, 0.15) is 6.10 Å². The molecule has 0 amide bonds. The van der Waals surface area contributed by atoms with Gasteiger partial charge in [0.2, 0.25) is 0 Å². The van der Waals surface area contributed by atoms with Crippen molar-refractivity contribution < 1.29 is 17.0 Å². The van der Waals surface area contributed by atoms with Gasteiger partial charge in [-0.1, -0.05) is 130 Å². The zero-order valence-corrected chi connectivity index (χ0v) is 28.1. The van der Waals surface area contributed by atoms with Gasteiger partial charge < -0.3 is 4.43 Å². The maximum atomic E-state index is 13.4. The van der Waals surface area contributed by atoms with Crippen LogP contribution in [0.5, 0.6) is 0 Å². The summed E-state index contributed by atoms with van der Waals surface area (Å²) in [6, 6.07) is 6.97. The predicted octanol–water partition coefficient (Wildman–Crippen LogP) is 10.2. The van der Waals surface area contributed by atoms with Gasteiger partial charge in [0, 0.05) is 0 Å². The van der Waals surface area contributed by atoms with Crippen LogP contribution in [0.15, 0.2) is 29.2 Å².